The van der Waals surface area contributed by atoms with Crippen molar-refractivity contribution in [1.29, 1.82) is 0 Å². The first-order valence-corrected chi connectivity index (χ1v) is 7.68. The van der Waals surface area contributed by atoms with Crippen molar-refractivity contribution in [3.63, 3.8) is 0 Å². The zero-order valence-electron chi connectivity index (χ0n) is 8.93. The van der Waals surface area contributed by atoms with Gasteiger partial charge in [0, 0.05) is 26.9 Å². The molecule has 0 fully saturated rings. The van der Waals surface area contributed by atoms with Crippen LogP contribution in [0.4, 0.5) is 0 Å². The quantitative estimate of drug-likeness (QED) is 0.782. The predicted octanol–water partition coefficient (Wildman–Crippen LogP) is 3.81. The Morgan fingerprint density at radius 2 is 2.24 bits per heavy atom. The summed E-state index contributed by atoms with van der Waals surface area (Å²) in [4.78, 5) is 17.8. The highest BCUT2D eigenvalue weighted by Crippen LogP contribution is 2.27. The number of halogens is 1. The number of carbonyl (C=O) groups excluding carboxylic acids is 1. The Labute approximate surface area is 117 Å². The molecule has 0 aliphatic rings. The lowest BCUT2D eigenvalue weighted by molar-refractivity contribution is -0.115. The van der Waals surface area contributed by atoms with E-state index in [-0.39, 0.29) is 5.78 Å². The second-order valence-electron chi connectivity index (χ2n) is 3.40. The molecule has 2 aromatic rings. The van der Waals surface area contributed by atoms with E-state index in [9.17, 15) is 4.79 Å². The van der Waals surface area contributed by atoms with Crippen LogP contribution < -0.4 is 0 Å². The number of nitrogens with zero attached hydrogens (tertiary/aromatic N) is 1. The number of thiazole rings is 1. The van der Waals surface area contributed by atoms with E-state index in [2.05, 4.69) is 20.9 Å². The molecule has 0 aliphatic heterocycles. The number of carbonyl (C=O) groups is 1. The number of rotatable bonds is 5. The van der Waals surface area contributed by atoms with Gasteiger partial charge in [0.2, 0.25) is 0 Å². The molecule has 0 amide bonds. The van der Waals surface area contributed by atoms with Gasteiger partial charge >= 0.3 is 0 Å². The molecule has 0 aliphatic carbocycles. The Balaban J connectivity index is 1.86. The van der Waals surface area contributed by atoms with Crippen LogP contribution >= 0.6 is 39.0 Å². The van der Waals surface area contributed by atoms with E-state index < -0.39 is 0 Å². The zero-order valence-corrected chi connectivity index (χ0v) is 12.1. The fraction of sp³-hybridized carbons (Fsp3) is 0.167. The summed E-state index contributed by atoms with van der Waals surface area (Å²) >= 11 is 6.56. The highest BCUT2D eigenvalue weighted by atomic mass is 79.9. The van der Waals surface area contributed by atoms with E-state index in [1.165, 1.54) is 11.3 Å². The molecule has 1 aromatic heterocycles. The van der Waals surface area contributed by atoms with Crippen LogP contribution in [0.2, 0.25) is 0 Å². The van der Waals surface area contributed by atoms with E-state index in [4.69, 9.17) is 0 Å². The summed E-state index contributed by atoms with van der Waals surface area (Å²) in [7, 11) is 0. The zero-order chi connectivity index (χ0) is 12.1. The molecule has 5 heteroatoms. The van der Waals surface area contributed by atoms with Gasteiger partial charge < -0.3 is 0 Å². The van der Waals surface area contributed by atoms with Crippen LogP contribution in [0.1, 0.15) is 4.88 Å². The van der Waals surface area contributed by atoms with Gasteiger partial charge in [-0.15, -0.1) is 23.1 Å². The Bertz CT molecular complexity index is 499. The van der Waals surface area contributed by atoms with Gasteiger partial charge in [-0.2, -0.15) is 0 Å². The van der Waals surface area contributed by atoms with E-state index in [1.807, 2.05) is 24.3 Å². The number of ketones is 1. The van der Waals surface area contributed by atoms with Gasteiger partial charge in [-0.05, 0) is 28.1 Å². The fourth-order valence-electron chi connectivity index (χ4n) is 1.29. The molecule has 1 aromatic carbocycles. The van der Waals surface area contributed by atoms with E-state index in [0.29, 0.717) is 12.2 Å². The van der Waals surface area contributed by atoms with Crippen LogP contribution in [0.25, 0.3) is 0 Å². The number of Topliss-reactive ketones (excluding diaryl/α,β-unsaturated/α-hetero) is 1. The van der Waals surface area contributed by atoms with Gasteiger partial charge in [0.05, 0.1) is 11.3 Å². The topological polar surface area (TPSA) is 30.0 Å². The summed E-state index contributed by atoms with van der Waals surface area (Å²) in [5.41, 5.74) is 1.75. The maximum atomic E-state index is 11.7. The van der Waals surface area contributed by atoms with Gasteiger partial charge in [0.25, 0.3) is 0 Å². The summed E-state index contributed by atoms with van der Waals surface area (Å²) in [6.07, 6.45) is 2.24. The van der Waals surface area contributed by atoms with Crippen LogP contribution in [0, 0.1) is 0 Å². The number of thioether (sulfide) groups is 1. The predicted molar refractivity (Wildman–Crippen MR) is 75.7 cm³/mol. The van der Waals surface area contributed by atoms with Crippen molar-refractivity contribution in [3.8, 4) is 0 Å². The molecule has 88 valence electrons. The fourth-order valence-corrected chi connectivity index (χ4v) is 3.35. The van der Waals surface area contributed by atoms with Crippen LogP contribution in [0.5, 0.6) is 0 Å². The van der Waals surface area contributed by atoms with Crippen molar-refractivity contribution in [2.24, 2.45) is 0 Å². The number of hydrogen-bond donors (Lipinski definition) is 0. The Kier molecular flexibility index (Phi) is 4.76. The minimum atomic E-state index is 0.231. The minimum Gasteiger partial charge on any atom is -0.298 e. The average Bonchev–Trinajstić information content (AvgIpc) is 2.81. The SMILES string of the molecule is O=C(CSc1ccccc1Br)Cc1cncs1. The van der Waals surface area contributed by atoms with E-state index in [0.717, 1.165) is 14.2 Å². The summed E-state index contributed by atoms with van der Waals surface area (Å²) in [5.74, 6) is 0.732. The highest BCUT2D eigenvalue weighted by Gasteiger charge is 2.07. The normalized spacial score (nSPS) is 10.4. The molecule has 0 unspecified atom stereocenters. The Morgan fingerprint density at radius 3 is 2.94 bits per heavy atom. The van der Waals surface area contributed by atoms with Crippen LogP contribution in [-0.2, 0) is 11.2 Å². The van der Waals surface area contributed by atoms with Crippen molar-refractivity contribution in [2.75, 3.05) is 5.75 Å². The Hall–Kier alpha value is -0.650. The third-order valence-electron chi connectivity index (χ3n) is 2.08. The van der Waals surface area contributed by atoms with E-state index >= 15 is 0 Å². The molecule has 0 N–H and O–H groups in total. The molecule has 1 heterocycles. The third kappa shape index (κ3) is 3.94. The first kappa shape index (κ1) is 12.8. The van der Waals surface area contributed by atoms with E-state index in [1.54, 1.807) is 23.5 Å². The molecular formula is C12H10BrNOS2. The molecule has 0 radical (unpaired) electrons. The standard InChI is InChI=1S/C12H10BrNOS2/c13-11-3-1-2-4-12(11)16-7-9(15)5-10-6-14-8-17-10/h1-4,6,8H,5,7H2. The van der Waals surface area contributed by atoms with Gasteiger partial charge in [-0.3, -0.25) is 9.78 Å². The molecule has 0 atom stereocenters. The van der Waals surface area contributed by atoms with Crippen molar-refractivity contribution >= 4 is 44.8 Å². The molecular weight excluding hydrogens is 318 g/mol. The highest BCUT2D eigenvalue weighted by molar-refractivity contribution is 9.10. The summed E-state index contributed by atoms with van der Waals surface area (Å²) in [6.45, 7) is 0. The van der Waals surface area contributed by atoms with Crippen molar-refractivity contribution < 1.29 is 4.79 Å². The molecule has 0 saturated carbocycles. The first-order chi connectivity index (χ1) is 8.25. The molecule has 2 rings (SSSR count). The van der Waals surface area contributed by atoms with Gasteiger partial charge in [-0.1, -0.05) is 12.1 Å². The molecule has 17 heavy (non-hydrogen) atoms. The third-order valence-corrected chi connectivity index (χ3v) is 4.95. The van der Waals surface area contributed by atoms with Crippen molar-refractivity contribution in [3.05, 3.63) is 45.3 Å². The Morgan fingerprint density at radius 1 is 1.41 bits per heavy atom. The molecule has 2 nitrogen and oxygen atoms in total. The van der Waals surface area contributed by atoms with Gasteiger partial charge in [-0.25, -0.2) is 0 Å². The van der Waals surface area contributed by atoms with Crippen LogP contribution in [0.15, 0.2) is 45.3 Å². The monoisotopic (exact) mass is 327 g/mol. The summed E-state index contributed by atoms with van der Waals surface area (Å²) in [5, 5.41) is 0. The van der Waals surface area contributed by atoms with Crippen LogP contribution in [-0.4, -0.2) is 16.5 Å². The van der Waals surface area contributed by atoms with Crippen molar-refractivity contribution in [2.45, 2.75) is 11.3 Å². The number of benzene rings is 1. The van der Waals surface area contributed by atoms with Crippen LogP contribution in [0.3, 0.4) is 0 Å². The second kappa shape index (κ2) is 6.33. The van der Waals surface area contributed by atoms with Gasteiger partial charge in [0.1, 0.15) is 5.78 Å². The second-order valence-corrected chi connectivity index (χ2v) is 6.24. The molecule has 0 bridgehead atoms. The molecule has 0 spiro atoms. The maximum absolute atomic E-state index is 11.7. The number of aromatic nitrogens is 1. The lowest BCUT2D eigenvalue weighted by atomic mass is 10.3. The maximum Gasteiger partial charge on any atom is 0.148 e. The smallest absolute Gasteiger partial charge is 0.148 e. The summed E-state index contributed by atoms with van der Waals surface area (Å²) in [6, 6.07) is 7.93. The summed E-state index contributed by atoms with van der Waals surface area (Å²) < 4.78 is 1.04. The first-order valence-electron chi connectivity index (χ1n) is 5.02. The average molecular weight is 328 g/mol. The largest absolute Gasteiger partial charge is 0.298 e. The molecule has 0 saturated heterocycles. The lowest BCUT2D eigenvalue weighted by Crippen LogP contribution is -2.04. The minimum absolute atomic E-state index is 0.231. The lowest BCUT2D eigenvalue weighted by Gasteiger charge is -2.02. The number of hydrogen-bond acceptors (Lipinski definition) is 4. The van der Waals surface area contributed by atoms with Gasteiger partial charge in [0.15, 0.2) is 0 Å². The van der Waals surface area contributed by atoms with Crippen molar-refractivity contribution in [1.82, 2.24) is 4.98 Å².